The van der Waals surface area contributed by atoms with Crippen molar-refractivity contribution in [3.63, 3.8) is 0 Å². The second kappa shape index (κ2) is 3.31. The Morgan fingerprint density at radius 1 is 1.33 bits per heavy atom. The van der Waals surface area contributed by atoms with Crippen LogP contribution in [0.5, 0.6) is 0 Å². The Labute approximate surface area is 54.3 Å². The van der Waals surface area contributed by atoms with Crippen molar-refractivity contribution in [1.82, 2.24) is 0 Å². The van der Waals surface area contributed by atoms with Gasteiger partial charge in [0.1, 0.15) is 0 Å². The summed E-state index contributed by atoms with van der Waals surface area (Å²) in [7, 11) is 0. The van der Waals surface area contributed by atoms with Gasteiger partial charge in [-0.25, -0.2) is 9.59 Å². The molecule has 0 saturated carbocycles. The monoisotopic (exact) mass is 152 g/mol. The summed E-state index contributed by atoms with van der Waals surface area (Å²) < 4.78 is 0. The smallest absolute Gasteiger partial charge is 0.367 e. The number of carboxylic acid groups (broad SMARTS) is 2. The first-order valence-corrected chi connectivity index (χ1v) is 2.72. The number of aliphatic hydroxyl groups is 1. The van der Waals surface area contributed by atoms with Gasteiger partial charge in [0, 0.05) is 0 Å². The molecule has 0 aromatic rings. The highest BCUT2D eigenvalue weighted by Crippen LogP contribution is 2.07. The first kappa shape index (κ1) is 8.25. The topological polar surface area (TPSA) is 94.8 Å². The molecule has 52 valence electrons. The van der Waals surface area contributed by atoms with Gasteiger partial charge in [0.05, 0.1) is 0 Å². The first-order chi connectivity index (χ1) is 4.04. The standard InChI is InChI=1S/C3H4O5S/c4-1(5)2(6)9-3(7)8/h2,6H,(H,4,5)(H,7,8). The molecule has 0 aromatic carbocycles. The second-order valence-electron chi connectivity index (χ2n) is 1.07. The molecule has 0 saturated heterocycles. The fourth-order valence-electron chi connectivity index (χ4n) is 0.146. The fraction of sp³-hybridized carbons (Fsp3) is 0.333. The van der Waals surface area contributed by atoms with Crippen LogP contribution in [0.1, 0.15) is 0 Å². The van der Waals surface area contributed by atoms with Crippen LogP contribution in [0.15, 0.2) is 0 Å². The van der Waals surface area contributed by atoms with E-state index in [0.717, 1.165) is 0 Å². The summed E-state index contributed by atoms with van der Waals surface area (Å²) in [5.41, 5.74) is -1.87. The van der Waals surface area contributed by atoms with Gasteiger partial charge in [-0.15, -0.1) is 0 Å². The molecule has 0 spiro atoms. The lowest BCUT2D eigenvalue weighted by molar-refractivity contribution is -0.141. The van der Waals surface area contributed by atoms with Crippen molar-refractivity contribution in [1.29, 1.82) is 0 Å². The molecule has 6 heteroatoms. The van der Waals surface area contributed by atoms with Crippen LogP contribution >= 0.6 is 11.8 Å². The molecule has 0 rings (SSSR count). The van der Waals surface area contributed by atoms with Crippen LogP contribution in [0.2, 0.25) is 0 Å². The van der Waals surface area contributed by atoms with E-state index >= 15 is 0 Å². The Kier molecular flexibility index (Phi) is 3.03. The minimum absolute atomic E-state index is 0.0648. The summed E-state index contributed by atoms with van der Waals surface area (Å²) in [6.45, 7) is 0. The maximum atomic E-state index is 9.70. The van der Waals surface area contributed by atoms with Crippen molar-refractivity contribution in [2.45, 2.75) is 5.44 Å². The summed E-state index contributed by atoms with van der Waals surface area (Å²) in [6.07, 6.45) is 0. The summed E-state index contributed by atoms with van der Waals surface area (Å²) in [6, 6.07) is 0. The Balaban J connectivity index is 3.63. The maximum Gasteiger partial charge on any atom is 0.367 e. The van der Waals surface area contributed by atoms with Crippen LogP contribution in [0, 0.1) is 0 Å². The van der Waals surface area contributed by atoms with Crippen LogP contribution in [0.3, 0.4) is 0 Å². The average molecular weight is 152 g/mol. The summed E-state index contributed by atoms with van der Waals surface area (Å²) in [4.78, 5) is 19.4. The van der Waals surface area contributed by atoms with Crippen LogP contribution in [0.4, 0.5) is 4.79 Å². The summed E-state index contributed by atoms with van der Waals surface area (Å²) >= 11 is -0.0648. The van der Waals surface area contributed by atoms with Gasteiger partial charge in [-0.05, 0) is 11.8 Å². The number of hydrogen-bond acceptors (Lipinski definition) is 4. The van der Waals surface area contributed by atoms with Crippen molar-refractivity contribution in [2.24, 2.45) is 0 Å². The summed E-state index contributed by atoms with van der Waals surface area (Å²) in [5.74, 6) is -1.55. The molecule has 0 fully saturated rings. The quantitative estimate of drug-likeness (QED) is 0.474. The van der Waals surface area contributed by atoms with Crippen molar-refractivity contribution in [3.05, 3.63) is 0 Å². The molecule has 3 N–H and O–H groups in total. The number of carbonyl (C=O) groups is 2. The van der Waals surface area contributed by atoms with Gasteiger partial charge in [0.2, 0.25) is 5.44 Å². The Morgan fingerprint density at radius 2 is 1.78 bits per heavy atom. The predicted molar refractivity (Wildman–Crippen MR) is 29.3 cm³/mol. The molecule has 1 unspecified atom stereocenters. The lowest BCUT2D eigenvalue weighted by atomic mass is 10.7. The molecule has 0 heterocycles. The maximum absolute atomic E-state index is 9.70. The highest BCUT2D eigenvalue weighted by atomic mass is 32.2. The number of aliphatic carboxylic acids is 1. The molecule has 0 radical (unpaired) electrons. The van der Waals surface area contributed by atoms with E-state index in [9.17, 15) is 9.59 Å². The zero-order valence-electron chi connectivity index (χ0n) is 4.14. The number of aliphatic hydroxyl groups excluding tert-OH is 1. The number of thioether (sulfide) groups is 1. The summed E-state index contributed by atoms with van der Waals surface area (Å²) in [5, 5.41) is 22.6. The number of carboxylic acids is 1. The van der Waals surface area contributed by atoms with Gasteiger partial charge < -0.3 is 15.3 Å². The molecule has 5 nitrogen and oxygen atoms in total. The van der Waals surface area contributed by atoms with E-state index in [4.69, 9.17) is 15.3 Å². The van der Waals surface area contributed by atoms with E-state index in [-0.39, 0.29) is 11.8 Å². The molecule has 0 aliphatic heterocycles. The Morgan fingerprint density at radius 3 is 1.89 bits per heavy atom. The zero-order chi connectivity index (χ0) is 7.44. The SMILES string of the molecule is O=C(O)SC(O)C(=O)O. The lowest BCUT2D eigenvalue weighted by Crippen LogP contribution is -2.16. The van der Waals surface area contributed by atoms with Crippen LogP contribution in [-0.2, 0) is 4.79 Å². The zero-order valence-corrected chi connectivity index (χ0v) is 4.96. The molecular formula is C3H4O5S. The van der Waals surface area contributed by atoms with Crippen LogP contribution in [0.25, 0.3) is 0 Å². The molecule has 0 amide bonds. The van der Waals surface area contributed by atoms with Gasteiger partial charge in [0.25, 0.3) is 0 Å². The average Bonchev–Trinajstić information content (AvgIpc) is 1.63. The van der Waals surface area contributed by atoms with Crippen molar-refractivity contribution >= 4 is 23.0 Å². The van der Waals surface area contributed by atoms with Gasteiger partial charge in [-0.2, -0.15) is 0 Å². The highest BCUT2D eigenvalue weighted by Gasteiger charge is 2.17. The van der Waals surface area contributed by atoms with E-state index in [1.807, 2.05) is 0 Å². The van der Waals surface area contributed by atoms with Crippen LogP contribution < -0.4 is 0 Å². The molecular weight excluding hydrogens is 148 g/mol. The van der Waals surface area contributed by atoms with Gasteiger partial charge >= 0.3 is 11.3 Å². The van der Waals surface area contributed by atoms with Crippen molar-refractivity contribution < 1.29 is 24.9 Å². The third kappa shape index (κ3) is 3.80. The van der Waals surface area contributed by atoms with E-state index in [0.29, 0.717) is 0 Å². The normalized spacial score (nSPS) is 12.6. The van der Waals surface area contributed by atoms with E-state index < -0.39 is 16.7 Å². The molecule has 0 aliphatic rings. The highest BCUT2D eigenvalue weighted by molar-refractivity contribution is 8.14. The van der Waals surface area contributed by atoms with E-state index in [1.54, 1.807) is 0 Å². The largest absolute Gasteiger partial charge is 0.479 e. The minimum Gasteiger partial charge on any atom is -0.479 e. The molecule has 0 bridgehead atoms. The van der Waals surface area contributed by atoms with Gasteiger partial charge in [-0.3, -0.25) is 0 Å². The first-order valence-electron chi connectivity index (χ1n) is 1.84. The molecule has 0 aliphatic carbocycles. The number of rotatable bonds is 2. The van der Waals surface area contributed by atoms with Crippen molar-refractivity contribution in [3.8, 4) is 0 Å². The third-order valence-electron chi connectivity index (χ3n) is 0.424. The van der Waals surface area contributed by atoms with E-state index in [2.05, 4.69) is 0 Å². The minimum atomic E-state index is -1.87. The lowest BCUT2D eigenvalue weighted by Gasteiger charge is -1.97. The third-order valence-corrected chi connectivity index (χ3v) is 1.05. The van der Waals surface area contributed by atoms with E-state index in [1.165, 1.54) is 0 Å². The predicted octanol–water partition coefficient (Wildman–Crippen LogP) is -0.199. The fourth-order valence-corrected chi connectivity index (χ4v) is 0.438. The van der Waals surface area contributed by atoms with Crippen LogP contribution in [-0.4, -0.2) is 32.0 Å². The molecule has 0 aromatic heterocycles. The van der Waals surface area contributed by atoms with Gasteiger partial charge in [0.15, 0.2) is 0 Å². The second-order valence-corrected chi connectivity index (χ2v) is 2.11. The Hall–Kier alpha value is -0.750. The van der Waals surface area contributed by atoms with Gasteiger partial charge in [-0.1, -0.05) is 0 Å². The van der Waals surface area contributed by atoms with Crippen molar-refractivity contribution in [2.75, 3.05) is 0 Å². The Bertz CT molecular complexity index is 132. The molecule has 9 heavy (non-hydrogen) atoms. The molecule has 1 atom stereocenters. The number of hydrogen-bond donors (Lipinski definition) is 3.